The van der Waals surface area contributed by atoms with Gasteiger partial charge in [-0.25, -0.2) is 0 Å². The van der Waals surface area contributed by atoms with E-state index in [1.54, 1.807) is 0 Å². The van der Waals surface area contributed by atoms with Crippen LogP contribution >= 0.6 is 0 Å². The van der Waals surface area contributed by atoms with Crippen LogP contribution < -0.4 is 5.32 Å². The first-order valence-electron chi connectivity index (χ1n) is 7.12. The highest BCUT2D eigenvalue weighted by Crippen LogP contribution is 2.16. The smallest absolute Gasteiger partial charge is 0.0544 e. The van der Waals surface area contributed by atoms with Crippen LogP contribution in [-0.2, 0) is 17.8 Å². The van der Waals surface area contributed by atoms with Gasteiger partial charge in [0.2, 0.25) is 0 Å². The van der Waals surface area contributed by atoms with Crippen molar-refractivity contribution >= 4 is 0 Å². The van der Waals surface area contributed by atoms with Crippen LogP contribution in [-0.4, -0.2) is 43.7 Å². The zero-order valence-corrected chi connectivity index (χ0v) is 12.1. The number of aromatic nitrogens is 1. The number of rotatable bonds is 6. The number of pyridine rings is 1. The fourth-order valence-corrected chi connectivity index (χ4v) is 2.57. The summed E-state index contributed by atoms with van der Waals surface area (Å²) in [4.78, 5) is 6.90. The molecule has 0 aromatic carbocycles. The Morgan fingerprint density at radius 1 is 1.37 bits per heavy atom. The summed E-state index contributed by atoms with van der Waals surface area (Å²) in [5.41, 5.74) is 2.38. The largest absolute Gasteiger partial charge is 0.381 e. The van der Waals surface area contributed by atoms with Crippen LogP contribution in [0.1, 0.15) is 24.1 Å². The summed E-state index contributed by atoms with van der Waals surface area (Å²) in [6.07, 6.45) is 4.35. The fraction of sp³-hybridized carbons (Fsp3) is 0.667. The van der Waals surface area contributed by atoms with Crippen LogP contribution in [0.15, 0.2) is 18.3 Å². The maximum Gasteiger partial charge on any atom is 0.0544 e. The van der Waals surface area contributed by atoms with E-state index in [4.69, 9.17) is 4.74 Å². The van der Waals surface area contributed by atoms with Crippen molar-refractivity contribution in [1.29, 1.82) is 0 Å². The normalized spacial score (nSPS) is 17.0. The Kier molecular flexibility index (Phi) is 5.76. The van der Waals surface area contributed by atoms with Crippen LogP contribution in [0.4, 0.5) is 0 Å². The van der Waals surface area contributed by atoms with Crippen molar-refractivity contribution in [3.8, 4) is 0 Å². The predicted molar refractivity (Wildman–Crippen MR) is 76.9 cm³/mol. The molecule has 1 aliphatic heterocycles. The van der Waals surface area contributed by atoms with E-state index >= 15 is 0 Å². The molecule has 0 aliphatic carbocycles. The summed E-state index contributed by atoms with van der Waals surface area (Å²) in [6, 6.07) is 4.29. The molecular formula is C15H25N3O. The molecule has 106 valence electrons. The van der Waals surface area contributed by atoms with Crippen LogP contribution in [0, 0.1) is 5.92 Å². The molecule has 1 aliphatic rings. The minimum atomic E-state index is 0.780. The van der Waals surface area contributed by atoms with Crippen molar-refractivity contribution in [2.45, 2.75) is 25.9 Å². The van der Waals surface area contributed by atoms with Gasteiger partial charge in [-0.1, -0.05) is 6.07 Å². The van der Waals surface area contributed by atoms with Crippen LogP contribution in [0.3, 0.4) is 0 Å². The van der Waals surface area contributed by atoms with Crippen molar-refractivity contribution in [2.75, 3.05) is 33.9 Å². The summed E-state index contributed by atoms with van der Waals surface area (Å²) < 4.78 is 5.40. The lowest BCUT2D eigenvalue weighted by Crippen LogP contribution is -2.29. The van der Waals surface area contributed by atoms with Gasteiger partial charge in [0.05, 0.1) is 5.69 Å². The number of nitrogens with one attached hydrogen (secondary N) is 1. The topological polar surface area (TPSA) is 37.4 Å². The first kappa shape index (κ1) is 14.4. The van der Waals surface area contributed by atoms with Gasteiger partial charge in [-0.3, -0.25) is 4.98 Å². The maximum atomic E-state index is 5.40. The second-order valence-corrected chi connectivity index (χ2v) is 5.44. The quantitative estimate of drug-likeness (QED) is 0.847. The lowest BCUT2D eigenvalue weighted by molar-refractivity contribution is 0.0548. The average molecular weight is 263 g/mol. The highest BCUT2D eigenvalue weighted by molar-refractivity contribution is 5.13. The lowest BCUT2D eigenvalue weighted by Gasteiger charge is -2.26. The summed E-state index contributed by atoms with van der Waals surface area (Å²) in [7, 11) is 4.13. The third kappa shape index (κ3) is 4.90. The van der Waals surface area contributed by atoms with E-state index in [1.807, 2.05) is 13.2 Å². The molecule has 0 radical (unpaired) electrons. The molecule has 0 unspecified atom stereocenters. The van der Waals surface area contributed by atoms with Gasteiger partial charge in [0, 0.05) is 39.0 Å². The Labute approximate surface area is 116 Å². The number of nitrogens with zero attached hydrogens (tertiary/aromatic N) is 2. The Hall–Kier alpha value is -0.970. The summed E-state index contributed by atoms with van der Waals surface area (Å²) >= 11 is 0. The zero-order valence-electron chi connectivity index (χ0n) is 12.1. The molecule has 0 spiro atoms. The molecule has 19 heavy (non-hydrogen) atoms. The van der Waals surface area contributed by atoms with E-state index in [0.717, 1.165) is 44.5 Å². The van der Waals surface area contributed by atoms with E-state index in [1.165, 1.54) is 18.4 Å². The Balaban J connectivity index is 1.78. The standard InChI is InChI=1S/C15H25N3O/c1-16-9-14-3-4-15(17-10-14)12-18(2)11-13-5-7-19-8-6-13/h3-4,10,13,16H,5-9,11-12H2,1-2H3. The second kappa shape index (κ2) is 7.58. The highest BCUT2D eigenvalue weighted by atomic mass is 16.5. The molecule has 2 rings (SSSR count). The SMILES string of the molecule is CNCc1ccc(CN(C)CC2CCOCC2)nc1. The van der Waals surface area contributed by atoms with Gasteiger partial charge in [-0.05, 0) is 44.5 Å². The van der Waals surface area contributed by atoms with Crippen molar-refractivity contribution < 1.29 is 4.74 Å². The van der Waals surface area contributed by atoms with Crippen LogP contribution in [0.25, 0.3) is 0 Å². The lowest BCUT2D eigenvalue weighted by atomic mass is 10.00. The van der Waals surface area contributed by atoms with Crippen molar-refractivity contribution in [3.05, 3.63) is 29.6 Å². The molecule has 0 saturated carbocycles. The minimum absolute atomic E-state index is 0.780. The first-order valence-corrected chi connectivity index (χ1v) is 7.12. The molecule has 1 saturated heterocycles. The summed E-state index contributed by atoms with van der Waals surface area (Å²) in [5.74, 6) is 0.780. The predicted octanol–water partition coefficient (Wildman–Crippen LogP) is 1.66. The van der Waals surface area contributed by atoms with E-state index in [2.05, 4.69) is 34.4 Å². The number of ether oxygens (including phenoxy) is 1. The maximum absolute atomic E-state index is 5.40. The van der Waals surface area contributed by atoms with E-state index in [9.17, 15) is 0 Å². The van der Waals surface area contributed by atoms with Crippen molar-refractivity contribution in [2.24, 2.45) is 5.92 Å². The summed E-state index contributed by atoms with van der Waals surface area (Å²) in [5, 5.41) is 3.14. The zero-order chi connectivity index (χ0) is 13.5. The average Bonchev–Trinajstić information content (AvgIpc) is 2.42. The van der Waals surface area contributed by atoms with Crippen LogP contribution in [0.2, 0.25) is 0 Å². The van der Waals surface area contributed by atoms with Gasteiger partial charge in [-0.2, -0.15) is 0 Å². The van der Waals surface area contributed by atoms with Gasteiger partial charge < -0.3 is 15.0 Å². The molecule has 1 aromatic heterocycles. The monoisotopic (exact) mass is 263 g/mol. The molecule has 0 bridgehead atoms. The first-order chi connectivity index (χ1) is 9.28. The third-order valence-electron chi connectivity index (χ3n) is 3.61. The fourth-order valence-electron chi connectivity index (χ4n) is 2.57. The van der Waals surface area contributed by atoms with E-state index in [-0.39, 0.29) is 0 Å². The van der Waals surface area contributed by atoms with Crippen molar-refractivity contribution in [1.82, 2.24) is 15.2 Å². The van der Waals surface area contributed by atoms with Gasteiger partial charge >= 0.3 is 0 Å². The number of hydrogen-bond acceptors (Lipinski definition) is 4. The van der Waals surface area contributed by atoms with E-state index < -0.39 is 0 Å². The molecular weight excluding hydrogens is 238 g/mol. The second-order valence-electron chi connectivity index (χ2n) is 5.44. The Morgan fingerprint density at radius 2 is 2.16 bits per heavy atom. The molecule has 2 heterocycles. The molecule has 4 heteroatoms. The third-order valence-corrected chi connectivity index (χ3v) is 3.61. The van der Waals surface area contributed by atoms with Gasteiger partial charge in [0.1, 0.15) is 0 Å². The van der Waals surface area contributed by atoms with E-state index in [0.29, 0.717) is 0 Å². The summed E-state index contributed by atoms with van der Waals surface area (Å²) in [6.45, 7) is 4.80. The highest BCUT2D eigenvalue weighted by Gasteiger charge is 2.15. The van der Waals surface area contributed by atoms with Gasteiger partial charge in [0.25, 0.3) is 0 Å². The van der Waals surface area contributed by atoms with Crippen molar-refractivity contribution in [3.63, 3.8) is 0 Å². The molecule has 0 atom stereocenters. The Morgan fingerprint density at radius 3 is 2.79 bits per heavy atom. The Bertz CT molecular complexity index is 360. The van der Waals surface area contributed by atoms with Gasteiger partial charge in [-0.15, -0.1) is 0 Å². The molecule has 1 N–H and O–H groups in total. The number of hydrogen-bond donors (Lipinski definition) is 1. The molecule has 1 fully saturated rings. The van der Waals surface area contributed by atoms with Crippen LogP contribution in [0.5, 0.6) is 0 Å². The molecule has 0 amide bonds. The molecule has 1 aromatic rings. The van der Waals surface area contributed by atoms with Gasteiger partial charge in [0.15, 0.2) is 0 Å². The molecule has 4 nitrogen and oxygen atoms in total. The minimum Gasteiger partial charge on any atom is -0.381 e.